The molecule has 19 aromatic rings. The van der Waals surface area contributed by atoms with Crippen molar-refractivity contribution in [3.63, 3.8) is 0 Å². The van der Waals surface area contributed by atoms with Crippen LogP contribution < -0.4 is 9.47 Å². The fourth-order valence-electron chi connectivity index (χ4n) is 17.8. The number of ether oxygens (including phenoxy) is 2. The first-order valence-corrected chi connectivity index (χ1v) is 40.1. The average molecular weight is 1510 g/mol. The summed E-state index contributed by atoms with van der Waals surface area (Å²) in [6.07, 6.45) is 8.74. The molecular formula is C108H72N8O2. The molecular weight excluding hydrogens is 1440 g/mol. The number of rotatable bonds is 13. The zero-order valence-electron chi connectivity index (χ0n) is 64.0. The van der Waals surface area contributed by atoms with Crippen LogP contribution in [0.2, 0.25) is 0 Å². The van der Waals surface area contributed by atoms with Crippen LogP contribution in [-0.2, 0) is 0 Å². The molecule has 10 nitrogen and oxygen atoms in total. The predicted octanol–water partition coefficient (Wildman–Crippen LogP) is 26.5. The summed E-state index contributed by atoms with van der Waals surface area (Å²) in [6.45, 7) is 0. The van der Waals surface area contributed by atoms with Gasteiger partial charge < -0.3 is 18.6 Å². The third-order valence-electron chi connectivity index (χ3n) is 23.3. The van der Waals surface area contributed by atoms with Gasteiger partial charge in [0.05, 0.1) is 22.4 Å². The molecule has 0 bridgehead atoms. The van der Waals surface area contributed by atoms with Crippen molar-refractivity contribution in [1.29, 1.82) is 0 Å². The van der Waals surface area contributed by atoms with Crippen molar-refractivity contribution in [2.24, 2.45) is 0 Å². The SMILES string of the molecule is C1=CC2c3c(cccc3-c3nc(-c4cccc(-c5ccccc5)c4)nc(-c4cccc(-c5ccccc5)c4)n3)OC2c2c1n(-c1ccc(-c3ccccc3)cc1)c1ccccc21.C1=CC2c3c(cccc3-c3nc(-c4ccccc4)nc(-c4ccccc4)n3)OC2c2c1n(-c1cccc(-c3ccc(-c4ccccc4)cc3)c1)c1ccccc21. The first kappa shape index (κ1) is 69.2. The highest BCUT2D eigenvalue weighted by Gasteiger charge is 2.44. The Bertz CT molecular complexity index is 6950. The molecule has 0 saturated carbocycles. The highest BCUT2D eigenvalue weighted by molar-refractivity contribution is 5.95. The Labute approximate surface area is 683 Å². The number of hydrogen-bond donors (Lipinski definition) is 0. The first-order valence-electron chi connectivity index (χ1n) is 40.1. The quantitative estimate of drug-likeness (QED) is 0.112. The normalized spacial score (nSPS) is 15.0. The van der Waals surface area contributed by atoms with Crippen molar-refractivity contribution in [3.05, 3.63) is 434 Å². The van der Waals surface area contributed by atoms with E-state index in [1.54, 1.807) is 0 Å². The first-order chi connectivity index (χ1) is 58.5. The summed E-state index contributed by atoms with van der Waals surface area (Å²) in [6, 6.07) is 136. The van der Waals surface area contributed by atoms with Crippen molar-refractivity contribution < 1.29 is 9.47 Å². The largest absolute Gasteiger partial charge is 0.484 e. The molecule has 4 aliphatic rings. The monoisotopic (exact) mass is 1510 g/mol. The molecule has 15 aromatic carbocycles. The van der Waals surface area contributed by atoms with Gasteiger partial charge >= 0.3 is 0 Å². The van der Waals surface area contributed by atoms with E-state index in [1.807, 2.05) is 78.9 Å². The fourth-order valence-corrected chi connectivity index (χ4v) is 17.8. The number of para-hydroxylation sites is 2. The van der Waals surface area contributed by atoms with E-state index in [9.17, 15) is 0 Å². The summed E-state index contributed by atoms with van der Waals surface area (Å²) in [7, 11) is 0. The van der Waals surface area contributed by atoms with Gasteiger partial charge in [0.25, 0.3) is 0 Å². The van der Waals surface area contributed by atoms with Crippen LogP contribution in [0.25, 0.3) is 169 Å². The smallest absolute Gasteiger partial charge is 0.164 e. The minimum Gasteiger partial charge on any atom is -0.484 e. The van der Waals surface area contributed by atoms with Gasteiger partial charge in [0, 0.05) is 89.6 Å². The van der Waals surface area contributed by atoms with Gasteiger partial charge in [-0.25, -0.2) is 29.9 Å². The van der Waals surface area contributed by atoms with Gasteiger partial charge in [-0.2, -0.15) is 0 Å². The van der Waals surface area contributed by atoms with Crippen molar-refractivity contribution in [2.75, 3.05) is 0 Å². The lowest BCUT2D eigenvalue weighted by Crippen LogP contribution is -2.14. The second-order valence-corrected chi connectivity index (χ2v) is 30.2. The summed E-state index contributed by atoms with van der Waals surface area (Å²) in [4.78, 5) is 30.9. The lowest BCUT2D eigenvalue weighted by molar-refractivity contribution is 0.224. The van der Waals surface area contributed by atoms with Gasteiger partial charge in [0.1, 0.15) is 23.7 Å². The van der Waals surface area contributed by atoms with E-state index in [4.69, 9.17) is 39.4 Å². The molecule has 0 fully saturated rings. The molecule has 0 N–H and O–H groups in total. The minimum atomic E-state index is -0.230. The summed E-state index contributed by atoms with van der Waals surface area (Å²) in [5.74, 6) is 5.38. The third kappa shape index (κ3) is 12.5. The highest BCUT2D eigenvalue weighted by Crippen LogP contribution is 2.58. The molecule has 0 radical (unpaired) electrons. The number of fused-ring (bicyclic) bond motifs is 14. The van der Waals surface area contributed by atoms with Gasteiger partial charge in [-0.3, -0.25) is 0 Å². The van der Waals surface area contributed by atoms with Crippen LogP contribution in [0.3, 0.4) is 0 Å². The van der Waals surface area contributed by atoms with Crippen LogP contribution in [0.5, 0.6) is 11.5 Å². The zero-order chi connectivity index (χ0) is 78.0. The van der Waals surface area contributed by atoms with Crippen molar-refractivity contribution in [1.82, 2.24) is 39.0 Å². The molecule has 4 atom stereocenters. The second kappa shape index (κ2) is 29.5. The lowest BCUT2D eigenvalue weighted by Gasteiger charge is -2.23. The molecule has 2 aliphatic carbocycles. The molecule has 6 heterocycles. The van der Waals surface area contributed by atoms with Gasteiger partial charge in [-0.1, -0.05) is 340 Å². The summed E-state index contributed by atoms with van der Waals surface area (Å²) in [5, 5.41) is 2.37. The molecule has 4 aromatic heterocycles. The van der Waals surface area contributed by atoms with Gasteiger partial charge in [0.15, 0.2) is 34.9 Å². The summed E-state index contributed by atoms with van der Waals surface area (Å²) < 4.78 is 18.8. The molecule has 118 heavy (non-hydrogen) atoms. The number of benzene rings is 15. The number of aromatic nitrogens is 8. The molecule has 4 unspecified atom stereocenters. The van der Waals surface area contributed by atoms with Crippen LogP contribution in [0.1, 0.15) is 57.7 Å². The van der Waals surface area contributed by atoms with Crippen LogP contribution in [0.15, 0.2) is 400 Å². The Hall–Kier alpha value is -15.5. The Morgan fingerprint density at radius 3 is 0.932 bits per heavy atom. The molecule has 23 rings (SSSR count). The van der Waals surface area contributed by atoms with E-state index < -0.39 is 0 Å². The van der Waals surface area contributed by atoms with Crippen molar-refractivity contribution in [3.8, 4) is 147 Å². The molecule has 0 spiro atoms. The maximum Gasteiger partial charge on any atom is 0.164 e. The topological polar surface area (TPSA) is 106 Å². The van der Waals surface area contributed by atoms with Gasteiger partial charge in [-0.15, -0.1) is 0 Å². The lowest BCUT2D eigenvalue weighted by atomic mass is 9.83. The Balaban J connectivity index is 0.000000143. The summed E-state index contributed by atoms with van der Waals surface area (Å²) in [5.41, 5.74) is 28.6. The van der Waals surface area contributed by atoms with Gasteiger partial charge in [0.2, 0.25) is 0 Å². The standard InChI is InChI=1S/C57H38N4O.C51H34N4O/c1-4-15-37(16-5-1)40-29-31-45(32-30-40)61-49-27-11-10-25-46(49)53-50(61)34-33-47-52-48(26-14-28-51(52)62-54(47)53)57-59-55(43-23-12-21-41(35-43)38-17-6-2-7-18-38)58-56(60-57)44-24-13-22-42(36-44)39-19-8-3-9-20-39;1-4-14-33(15-5-1)34-26-28-35(29-27-34)38-20-12-21-39(32-38)55-43-24-11-10-22-40(43)47-44(55)31-30-41-46-42(23-13-25-45(46)56-48(41)47)51-53-49(36-16-6-2-7-17-36)52-50(54-51)37-18-8-3-9-19-37/h1-36,47,54H;1-32,41,48H. The molecule has 0 saturated heterocycles. The Morgan fingerprint density at radius 2 is 0.508 bits per heavy atom. The van der Waals surface area contributed by atoms with Gasteiger partial charge in [-0.05, 0) is 128 Å². The Kier molecular flexibility index (Phi) is 17.3. The summed E-state index contributed by atoms with van der Waals surface area (Å²) >= 11 is 0. The maximum absolute atomic E-state index is 7.06. The van der Waals surface area contributed by atoms with Crippen LogP contribution in [0, 0.1) is 0 Å². The number of hydrogen-bond acceptors (Lipinski definition) is 8. The molecule has 10 heteroatoms. The van der Waals surface area contributed by atoms with E-state index in [2.05, 4.69) is 343 Å². The van der Waals surface area contributed by atoms with E-state index in [1.165, 1.54) is 55.3 Å². The van der Waals surface area contributed by atoms with Crippen molar-refractivity contribution >= 4 is 34.0 Å². The maximum atomic E-state index is 7.06. The Morgan fingerprint density at radius 1 is 0.212 bits per heavy atom. The average Bonchev–Trinajstić information content (AvgIpc) is 1.56. The second-order valence-electron chi connectivity index (χ2n) is 30.2. The van der Waals surface area contributed by atoms with E-state index in [0.717, 1.165) is 112 Å². The molecule has 0 amide bonds. The van der Waals surface area contributed by atoms with Crippen LogP contribution in [0.4, 0.5) is 0 Å². The zero-order valence-corrected chi connectivity index (χ0v) is 64.0. The van der Waals surface area contributed by atoms with Crippen molar-refractivity contribution in [2.45, 2.75) is 24.0 Å². The van der Waals surface area contributed by atoms with E-state index >= 15 is 0 Å². The number of nitrogens with zero attached hydrogens (tertiary/aromatic N) is 8. The molecule has 2 aliphatic heterocycles. The fraction of sp³-hybridized carbons (Fsp3) is 0.0370. The third-order valence-corrected chi connectivity index (χ3v) is 23.3. The van der Waals surface area contributed by atoms with Crippen LogP contribution >= 0.6 is 0 Å². The minimum absolute atomic E-state index is 0.0282. The van der Waals surface area contributed by atoms with E-state index in [-0.39, 0.29) is 24.0 Å². The van der Waals surface area contributed by atoms with E-state index in [0.29, 0.717) is 34.9 Å². The predicted molar refractivity (Wildman–Crippen MR) is 476 cm³/mol. The molecule has 556 valence electrons. The van der Waals surface area contributed by atoms with Crippen LogP contribution in [-0.4, -0.2) is 39.0 Å². The highest BCUT2D eigenvalue weighted by atomic mass is 16.5.